The summed E-state index contributed by atoms with van der Waals surface area (Å²) in [6.07, 6.45) is 4.22. The molecule has 1 aromatic rings. The van der Waals surface area contributed by atoms with Crippen LogP contribution in [0, 0.1) is 5.92 Å². The SMILES string of the molecule is CCCc1cc(NCC)nc(CC2CCOC2)n1. The zero-order valence-electron chi connectivity index (χ0n) is 11.4. The molecule has 1 aliphatic rings. The highest BCUT2D eigenvalue weighted by Crippen LogP contribution is 2.18. The van der Waals surface area contributed by atoms with Gasteiger partial charge in [-0.2, -0.15) is 0 Å². The van der Waals surface area contributed by atoms with Gasteiger partial charge in [-0.05, 0) is 25.7 Å². The van der Waals surface area contributed by atoms with Crippen molar-refractivity contribution < 1.29 is 4.74 Å². The highest BCUT2D eigenvalue weighted by molar-refractivity contribution is 5.36. The maximum Gasteiger partial charge on any atom is 0.131 e. The van der Waals surface area contributed by atoms with E-state index in [0.29, 0.717) is 5.92 Å². The van der Waals surface area contributed by atoms with Crippen molar-refractivity contribution in [3.05, 3.63) is 17.6 Å². The molecule has 1 saturated heterocycles. The van der Waals surface area contributed by atoms with E-state index in [2.05, 4.69) is 35.2 Å². The van der Waals surface area contributed by atoms with Crippen molar-refractivity contribution in [2.75, 3.05) is 25.1 Å². The van der Waals surface area contributed by atoms with E-state index in [4.69, 9.17) is 4.74 Å². The number of anilines is 1. The molecule has 18 heavy (non-hydrogen) atoms. The Morgan fingerprint density at radius 2 is 2.28 bits per heavy atom. The molecule has 1 unspecified atom stereocenters. The Hall–Kier alpha value is -1.16. The molecule has 0 saturated carbocycles. The second-order valence-corrected chi connectivity index (χ2v) is 4.87. The zero-order valence-corrected chi connectivity index (χ0v) is 11.4. The minimum Gasteiger partial charge on any atom is -0.381 e. The predicted octanol–water partition coefficient (Wildman–Crippen LogP) is 2.44. The van der Waals surface area contributed by atoms with Crippen LogP contribution < -0.4 is 5.32 Å². The first-order chi connectivity index (χ1) is 8.81. The lowest BCUT2D eigenvalue weighted by molar-refractivity contribution is 0.185. The third kappa shape index (κ3) is 3.67. The van der Waals surface area contributed by atoms with E-state index in [1.54, 1.807) is 0 Å². The van der Waals surface area contributed by atoms with E-state index in [0.717, 1.165) is 62.8 Å². The molecular weight excluding hydrogens is 226 g/mol. The minimum atomic E-state index is 0.594. The molecule has 1 fully saturated rings. The van der Waals surface area contributed by atoms with Crippen molar-refractivity contribution in [3.63, 3.8) is 0 Å². The second kappa shape index (κ2) is 6.69. The van der Waals surface area contributed by atoms with Crippen molar-refractivity contribution in [2.45, 2.75) is 39.5 Å². The van der Waals surface area contributed by atoms with Gasteiger partial charge in [0.05, 0.1) is 0 Å². The normalized spacial score (nSPS) is 19.1. The van der Waals surface area contributed by atoms with Gasteiger partial charge in [0.15, 0.2) is 0 Å². The number of aromatic nitrogens is 2. The first-order valence-corrected chi connectivity index (χ1v) is 7.00. The van der Waals surface area contributed by atoms with E-state index in [1.807, 2.05) is 0 Å². The van der Waals surface area contributed by atoms with Gasteiger partial charge in [0.2, 0.25) is 0 Å². The van der Waals surface area contributed by atoms with Crippen LogP contribution in [0.3, 0.4) is 0 Å². The summed E-state index contributed by atoms with van der Waals surface area (Å²) in [7, 11) is 0. The lowest BCUT2D eigenvalue weighted by atomic mass is 10.0. The first-order valence-electron chi connectivity index (χ1n) is 7.00. The molecule has 1 atom stereocenters. The number of aryl methyl sites for hydroxylation is 1. The molecule has 1 aromatic heterocycles. The molecule has 0 bridgehead atoms. The number of nitrogens with one attached hydrogen (secondary N) is 1. The van der Waals surface area contributed by atoms with Crippen molar-refractivity contribution >= 4 is 5.82 Å². The summed E-state index contributed by atoms with van der Waals surface area (Å²) in [5.41, 5.74) is 1.15. The molecular formula is C14H23N3O. The molecule has 0 amide bonds. The van der Waals surface area contributed by atoms with Crippen LogP contribution in [0.15, 0.2) is 6.07 Å². The number of hydrogen-bond donors (Lipinski definition) is 1. The summed E-state index contributed by atoms with van der Waals surface area (Å²) in [6.45, 7) is 6.91. The Balaban J connectivity index is 2.10. The number of ether oxygens (including phenoxy) is 1. The van der Waals surface area contributed by atoms with Gasteiger partial charge in [-0.25, -0.2) is 9.97 Å². The van der Waals surface area contributed by atoms with Crippen molar-refractivity contribution in [3.8, 4) is 0 Å². The largest absolute Gasteiger partial charge is 0.381 e. The topological polar surface area (TPSA) is 47.0 Å². The molecule has 100 valence electrons. The summed E-state index contributed by atoms with van der Waals surface area (Å²) in [6, 6.07) is 2.07. The smallest absolute Gasteiger partial charge is 0.131 e. The molecule has 0 aromatic carbocycles. The fourth-order valence-electron chi connectivity index (χ4n) is 2.30. The fourth-order valence-corrected chi connectivity index (χ4v) is 2.30. The summed E-state index contributed by atoms with van der Waals surface area (Å²) in [4.78, 5) is 9.25. The quantitative estimate of drug-likeness (QED) is 0.841. The highest BCUT2D eigenvalue weighted by Gasteiger charge is 2.18. The van der Waals surface area contributed by atoms with Crippen molar-refractivity contribution in [1.82, 2.24) is 9.97 Å². The third-order valence-corrected chi connectivity index (χ3v) is 3.18. The van der Waals surface area contributed by atoms with E-state index < -0.39 is 0 Å². The Morgan fingerprint density at radius 3 is 2.94 bits per heavy atom. The van der Waals surface area contributed by atoms with E-state index in [1.165, 1.54) is 0 Å². The Labute approximate surface area is 109 Å². The first kappa shape index (κ1) is 13.3. The van der Waals surface area contributed by atoms with Crippen LogP contribution >= 0.6 is 0 Å². The highest BCUT2D eigenvalue weighted by atomic mass is 16.5. The third-order valence-electron chi connectivity index (χ3n) is 3.18. The predicted molar refractivity (Wildman–Crippen MR) is 72.8 cm³/mol. The Morgan fingerprint density at radius 1 is 1.39 bits per heavy atom. The number of hydrogen-bond acceptors (Lipinski definition) is 4. The Kier molecular flexibility index (Phi) is 4.93. The lowest BCUT2D eigenvalue weighted by Crippen LogP contribution is -2.11. The van der Waals surface area contributed by atoms with Gasteiger partial charge < -0.3 is 10.1 Å². The average Bonchev–Trinajstić information content (AvgIpc) is 2.82. The molecule has 1 aliphatic heterocycles. The molecule has 4 nitrogen and oxygen atoms in total. The lowest BCUT2D eigenvalue weighted by Gasteiger charge is -2.10. The van der Waals surface area contributed by atoms with Crippen molar-refractivity contribution in [1.29, 1.82) is 0 Å². The van der Waals surface area contributed by atoms with Gasteiger partial charge in [0.1, 0.15) is 11.6 Å². The van der Waals surface area contributed by atoms with Gasteiger partial charge in [0, 0.05) is 37.9 Å². The summed E-state index contributed by atoms with van der Waals surface area (Å²) < 4.78 is 5.41. The van der Waals surface area contributed by atoms with Gasteiger partial charge in [-0.3, -0.25) is 0 Å². The van der Waals surface area contributed by atoms with Crippen LogP contribution in [0.2, 0.25) is 0 Å². The van der Waals surface area contributed by atoms with Crippen LogP contribution in [0.1, 0.15) is 38.2 Å². The monoisotopic (exact) mass is 249 g/mol. The number of rotatable bonds is 6. The zero-order chi connectivity index (χ0) is 12.8. The van der Waals surface area contributed by atoms with Crippen LogP contribution in [0.4, 0.5) is 5.82 Å². The van der Waals surface area contributed by atoms with Gasteiger partial charge in [0.25, 0.3) is 0 Å². The van der Waals surface area contributed by atoms with Crippen LogP contribution in [-0.4, -0.2) is 29.7 Å². The fraction of sp³-hybridized carbons (Fsp3) is 0.714. The molecule has 0 spiro atoms. The van der Waals surface area contributed by atoms with Crippen LogP contribution in [0.5, 0.6) is 0 Å². The van der Waals surface area contributed by atoms with Crippen LogP contribution in [0.25, 0.3) is 0 Å². The summed E-state index contributed by atoms with van der Waals surface area (Å²) in [5.74, 6) is 2.52. The maximum atomic E-state index is 5.41. The van der Waals surface area contributed by atoms with Gasteiger partial charge >= 0.3 is 0 Å². The van der Waals surface area contributed by atoms with Crippen molar-refractivity contribution in [2.24, 2.45) is 5.92 Å². The van der Waals surface area contributed by atoms with Crippen LogP contribution in [-0.2, 0) is 17.6 Å². The second-order valence-electron chi connectivity index (χ2n) is 4.87. The Bertz CT molecular complexity index is 351. The molecule has 4 heteroatoms. The number of nitrogens with zero attached hydrogens (tertiary/aromatic N) is 2. The molecule has 0 radical (unpaired) electrons. The summed E-state index contributed by atoms with van der Waals surface area (Å²) in [5, 5.41) is 3.29. The van der Waals surface area contributed by atoms with Gasteiger partial charge in [-0.1, -0.05) is 13.3 Å². The maximum absolute atomic E-state index is 5.41. The minimum absolute atomic E-state index is 0.594. The summed E-state index contributed by atoms with van der Waals surface area (Å²) >= 11 is 0. The molecule has 1 N–H and O–H groups in total. The van der Waals surface area contributed by atoms with E-state index in [-0.39, 0.29) is 0 Å². The van der Waals surface area contributed by atoms with E-state index >= 15 is 0 Å². The average molecular weight is 249 g/mol. The molecule has 2 rings (SSSR count). The van der Waals surface area contributed by atoms with E-state index in [9.17, 15) is 0 Å². The molecule has 0 aliphatic carbocycles. The molecule has 2 heterocycles. The van der Waals surface area contributed by atoms with Gasteiger partial charge in [-0.15, -0.1) is 0 Å². The standard InChI is InChI=1S/C14H23N3O/c1-3-5-12-9-13(15-4-2)17-14(16-12)8-11-6-7-18-10-11/h9,11H,3-8,10H2,1-2H3,(H,15,16,17).